The van der Waals surface area contributed by atoms with E-state index in [1.165, 1.54) is 0 Å². The molecule has 5 nitrogen and oxygen atoms in total. The number of carbonyl (C=O) groups excluding carboxylic acids is 1. The third kappa shape index (κ3) is 3.95. The summed E-state index contributed by atoms with van der Waals surface area (Å²) in [6.07, 6.45) is 1.11. The van der Waals surface area contributed by atoms with E-state index in [1.54, 1.807) is 12.1 Å². The van der Waals surface area contributed by atoms with Crippen LogP contribution in [-0.4, -0.2) is 55.0 Å². The number of rotatable bonds is 3. The van der Waals surface area contributed by atoms with Crippen molar-refractivity contribution in [2.75, 3.05) is 44.3 Å². The molecular weight excluding hydrogens is 252 g/mol. The van der Waals surface area contributed by atoms with Gasteiger partial charge in [-0.1, -0.05) is 0 Å². The van der Waals surface area contributed by atoms with Gasteiger partial charge in [-0.25, -0.2) is 0 Å². The summed E-state index contributed by atoms with van der Waals surface area (Å²) in [6, 6.07) is 7.13. The first-order valence-corrected chi connectivity index (χ1v) is 7.15. The van der Waals surface area contributed by atoms with Crippen LogP contribution in [0.5, 0.6) is 0 Å². The number of nitrogen functional groups attached to an aromatic ring is 1. The number of carbonyl (C=O) groups is 1. The summed E-state index contributed by atoms with van der Waals surface area (Å²) in [4.78, 5) is 16.8. The van der Waals surface area contributed by atoms with Crippen LogP contribution < -0.4 is 11.1 Å². The second-order valence-electron chi connectivity index (χ2n) is 5.48. The van der Waals surface area contributed by atoms with Crippen molar-refractivity contribution >= 4 is 17.3 Å². The van der Waals surface area contributed by atoms with Gasteiger partial charge in [0.2, 0.25) is 5.91 Å². The summed E-state index contributed by atoms with van der Waals surface area (Å²) in [6.45, 7) is 5.99. The average Bonchev–Trinajstić information content (AvgIpc) is 2.65. The summed E-state index contributed by atoms with van der Waals surface area (Å²) in [5.74, 6) is 0.0410. The molecule has 0 aromatic heterocycles. The molecule has 0 bridgehead atoms. The second kappa shape index (κ2) is 6.72. The molecule has 3 N–H and O–H groups in total. The Hall–Kier alpha value is -1.59. The van der Waals surface area contributed by atoms with Crippen LogP contribution in [0.3, 0.4) is 0 Å². The van der Waals surface area contributed by atoms with Crippen molar-refractivity contribution in [3.8, 4) is 0 Å². The van der Waals surface area contributed by atoms with E-state index < -0.39 is 0 Å². The number of anilines is 2. The van der Waals surface area contributed by atoms with E-state index in [4.69, 9.17) is 5.73 Å². The molecule has 1 fully saturated rings. The predicted octanol–water partition coefficient (Wildman–Crippen LogP) is 1.23. The van der Waals surface area contributed by atoms with Gasteiger partial charge in [-0.15, -0.1) is 0 Å². The van der Waals surface area contributed by atoms with E-state index in [0.29, 0.717) is 5.69 Å². The molecule has 1 aliphatic heterocycles. The van der Waals surface area contributed by atoms with Crippen LogP contribution in [0.2, 0.25) is 0 Å². The van der Waals surface area contributed by atoms with Crippen molar-refractivity contribution in [3.05, 3.63) is 24.3 Å². The van der Waals surface area contributed by atoms with Crippen LogP contribution in [0, 0.1) is 0 Å². The molecule has 1 aliphatic rings. The Labute approximate surface area is 120 Å². The van der Waals surface area contributed by atoms with Crippen molar-refractivity contribution in [2.24, 2.45) is 0 Å². The number of likely N-dealkylation sites (N-methyl/N-ethyl adjacent to an activating group) is 1. The molecule has 1 heterocycles. The summed E-state index contributed by atoms with van der Waals surface area (Å²) >= 11 is 0. The molecular formula is C15H24N4O. The fourth-order valence-corrected chi connectivity index (χ4v) is 2.43. The average molecular weight is 276 g/mol. The number of benzene rings is 1. The normalized spacial score (nSPS) is 19.3. The van der Waals surface area contributed by atoms with Gasteiger partial charge in [-0.3, -0.25) is 9.69 Å². The van der Waals surface area contributed by atoms with Crippen LogP contribution in [0.4, 0.5) is 11.4 Å². The first-order valence-electron chi connectivity index (χ1n) is 7.15. The molecule has 1 atom stereocenters. The van der Waals surface area contributed by atoms with E-state index >= 15 is 0 Å². The minimum atomic E-state index is -0.112. The molecule has 1 saturated heterocycles. The molecule has 1 amide bonds. The number of nitrogens with one attached hydrogen (secondary N) is 1. The highest BCUT2D eigenvalue weighted by Gasteiger charge is 2.23. The summed E-state index contributed by atoms with van der Waals surface area (Å²) in [5, 5.41) is 2.95. The Morgan fingerprint density at radius 3 is 2.60 bits per heavy atom. The molecule has 0 aliphatic carbocycles. The zero-order valence-corrected chi connectivity index (χ0v) is 12.3. The summed E-state index contributed by atoms with van der Waals surface area (Å²) in [5.41, 5.74) is 7.13. The SMILES string of the molecule is CC(C(=O)Nc1ccc(N)cc1)N1CCCN(C)CC1. The fourth-order valence-electron chi connectivity index (χ4n) is 2.43. The highest BCUT2D eigenvalue weighted by atomic mass is 16.2. The zero-order valence-electron chi connectivity index (χ0n) is 12.3. The first-order chi connectivity index (χ1) is 9.56. The van der Waals surface area contributed by atoms with E-state index in [2.05, 4.69) is 22.2 Å². The van der Waals surface area contributed by atoms with Gasteiger partial charge in [-0.05, 0) is 51.2 Å². The molecule has 5 heteroatoms. The molecule has 0 radical (unpaired) electrons. The van der Waals surface area contributed by atoms with Gasteiger partial charge < -0.3 is 16.0 Å². The molecule has 20 heavy (non-hydrogen) atoms. The van der Waals surface area contributed by atoms with Crippen LogP contribution in [0.1, 0.15) is 13.3 Å². The minimum Gasteiger partial charge on any atom is -0.399 e. The van der Waals surface area contributed by atoms with Gasteiger partial charge in [0.15, 0.2) is 0 Å². The monoisotopic (exact) mass is 276 g/mol. The Kier molecular flexibility index (Phi) is 4.98. The van der Waals surface area contributed by atoms with Crippen molar-refractivity contribution in [3.63, 3.8) is 0 Å². The maximum Gasteiger partial charge on any atom is 0.241 e. The second-order valence-corrected chi connectivity index (χ2v) is 5.48. The van der Waals surface area contributed by atoms with Crippen LogP contribution in [-0.2, 0) is 4.79 Å². The van der Waals surface area contributed by atoms with Gasteiger partial charge in [0.1, 0.15) is 0 Å². The molecule has 1 unspecified atom stereocenters. The number of hydrogen-bond donors (Lipinski definition) is 2. The van der Waals surface area contributed by atoms with Gasteiger partial charge in [-0.2, -0.15) is 0 Å². The van der Waals surface area contributed by atoms with Gasteiger partial charge in [0.25, 0.3) is 0 Å². The lowest BCUT2D eigenvalue weighted by atomic mass is 10.2. The molecule has 1 aromatic rings. The van der Waals surface area contributed by atoms with E-state index in [-0.39, 0.29) is 11.9 Å². The summed E-state index contributed by atoms with van der Waals surface area (Å²) < 4.78 is 0. The van der Waals surface area contributed by atoms with Crippen LogP contribution in [0.15, 0.2) is 24.3 Å². The lowest BCUT2D eigenvalue weighted by molar-refractivity contribution is -0.120. The first kappa shape index (κ1) is 14.8. The standard InChI is InChI=1S/C15H24N4O/c1-12(19-9-3-8-18(2)10-11-19)15(20)17-14-6-4-13(16)5-7-14/h4-7,12H,3,8-11,16H2,1-2H3,(H,17,20). The van der Waals surface area contributed by atoms with E-state index in [1.807, 2.05) is 19.1 Å². The zero-order chi connectivity index (χ0) is 14.5. The van der Waals surface area contributed by atoms with Gasteiger partial charge >= 0.3 is 0 Å². The number of amides is 1. The predicted molar refractivity (Wildman–Crippen MR) is 82.6 cm³/mol. The Balaban J connectivity index is 1.92. The topological polar surface area (TPSA) is 61.6 Å². The minimum absolute atomic E-state index is 0.0410. The maximum absolute atomic E-state index is 12.3. The third-order valence-electron chi connectivity index (χ3n) is 3.86. The summed E-state index contributed by atoms with van der Waals surface area (Å²) in [7, 11) is 2.13. The molecule has 2 rings (SSSR count). The van der Waals surface area contributed by atoms with E-state index in [9.17, 15) is 4.79 Å². The lowest BCUT2D eigenvalue weighted by Crippen LogP contribution is -2.43. The van der Waals surface area contributed by atoms with Crippen LogP contribution >= 0.6 is 0 Å². The van der Waals surface area contributed by atoms with Gasteiger partial charge in [0, 0.05) is 31.0 Å². The maximum atomic E-state index is 12.3. The van der Waals surface area contributed by atoms with Crippen molar-refractivity contribution in [2.45, 2.75) is 19.4 Å². The Morgan fingerprint density at radius 2 is 1.90 bits per heavy atom. The Bertz CT molecular complexity index is 446. The van der Waals surface area contributed by atoms with E-state index in [0.717, 1.165) is 38.3 Å². The molecule has 110 valence electrons. The molecule has 0 spiro atoms. The highest BCUT2D eigenvalue weighted by Crippen LogP contribution is 2.13. The fraction of sp³-hybridized carbons (Fsp3) is 0.533. The van der Waals surface area contributed by atoms with Crippen molar-refractivity contribution in [1.29, 1.82) is 0 Å². The van der Waals surface area contributed by atoms with Crippen molar-refractivity contribution < 1.29 is 4.79 Å². The number of nitrogens with two attached hydrogens (primary N) is 1. The smallest absolute Gasteiger partial charge is 0.241 e. The lowest BCUT2D eigenvalue weighted by Gasteiger charge is -2.26. The Morgan fingerprint density at radius 1 is 1.20 bits per heavy atom. The third-order valence-corrected chi connectivity index (χ3v) is 3.86. The van der Waals surface area contributed by atoms with Crippen molar-refractivity contribution in [1.82, 2.24) is 9.80 Å². The van der Waals surface area contributed by atoms with Gasteiger partial charge in [0.05, 0.1) is 6.04 Å². The highest BCUT2D eigenvalue weighted by molar-refractivity contribution is 5.94. The number of nitrogens with zero attached hydrogens (tertiary/aromatic N) is 2. The molecule has 0 saturated carbocycles. The van der Waals surface area contributed by atoms with Crippen LogP contribution in [0.25, 0.3) is 0 Å². The number of hydrogen-bond acceptors (Lipinski definition) is 4. The largest absolute Gasteiger partial charge is 0.399 e. The quantitative estimate of drug-likeness (QED) is 0.815. The molecule has 1 aromatic carbocycles.